The first kappa shape index (κ1) is 45.0. The summed E-state index contributed by atoms with van der Waals surface area (Å²) in [6.07, 6.45) is -0.777. The Bertz CT molecular complexity index is 2870. The molecule has 12 nitrogen and oxygen atoms in total. The summed E-state index contributed by atoms with van der Waals surface area (Å²) in [6, 6.07) is 51.1. The van der Waals surface area contributed by atoms with Gasteiger partial charge in [0, 0.05) is 27.8 Å². The zero-order chi connectivity index (χ0) is 46.3. The SMILES string of the molecule is CO/N=C(\C(=O)N[C@@H]1C(=O)N2C(C(=O)OC(c3ccccc3)c3ccccc3)=C(CSc3cc(C)oc(=O)c3)CS[C@H]12)c1csc(NC(c2ccccc2)(c2ccccc2)c2ccccc2)n1. The van der Waals surface area contributed by atoms with Gasteiger partial charge < -0.3 is 24.6 Å². The number of oxime groups is 1. The monoisotopic (exact) mass is 945 g/mol. The second-order valence-corrected chi connectivity index (χ2v) is 18.6. The van der Waals surface area contributed by atoms with Gasteiger partial charge >= 0.3 is 11.6 Å². The average Bonchev–Trinajstić information content (AvgIpc) is 3.83. The number of hydrogen-bond acceptors (Lipinski definition) is 13. The molecule has 0 spiro atoms. The highest BCUT2D eigenvalue weighted by molar-refractivity contribution is 8.01. The number of fused-ring (bicyclic) bond motifs is 1. The van der Waals surface area contributed by atoms with Crippen LogP contribution in [0.3, 0.4) is 0 Å². The van der Waals surface area contributed by atoms with Gasteiger partial charge in [-0.3, -0.25) is 14.5 Å². The van der Waals surface area contributed by atoms with Crippen LogP contribution in [-0.2, 0) is 29.5 Å². The maximum absolute atomic E-state index is 14.6. The summed E-state index contributed by atoms with van der Waals surface area (Å²) in [4.78, 5) is 67.6. The first-order chi connectivity index (χ1) is 32.7. The van der Waals surface area contributed by atoms with E-state index in [1.165, 1.54) is 52.9 Å². The number of aromatic nitrogens is 1. The molecule has 7 aromatic rings. The molecule has 2 amide bonds. The van der Waals surface area contributed by atoms with Crippen LogP contribution in [0.25, 0.3) is 0 Å². The third-order valence-electron chi connectivity index (χ3n) is 11.3. The molecule has 336 valence electrons. The third-order valence-corrected chi connectivity index (χ3v) is 14.5. The number of thioether (sulfide) groups is 2. The molecule has 2 aliphatic heterocycles. The molecule has 4 heterocycles. The standard InChI is InChI=1S/C52H43N5O7S3/c1-33-28-40(29-42(58)63-33)65-30-36-31-66-49-44(48(60)57(49)45(36)50(61)64-46(34-18-8-3-9-19-34)35-20-10-4-11-21-35)54-47(59)43(56-62-2)41-32-67-51(53-41)55-52(37-22-12-5-13-23-37,38-24-14-6-15-25-38)39-26-16-7-17-27-39/h3-29,32,44,46,49H,30-31H2,1-2H3,(H,53,55)(H,54,59)/b56-43-/t44-,49-/m1/s1. The Labute approximate surface area is 399 Å². The summed E-state index contributed by atoms with van der Waals surface area (Å²) >= 11 is 4.06. The van der Waals surface area contributed by atoms with Crippen molar-refractivity contribution in [3.8, 4) is 0 Å². The Hall–Kier alpha value is -7.20. The number of amides is 2. The number of carbonyl (C=O) groups is 3. The molecule has 5 aromatic carbocycles. The molecule has 67 heavy (non-hydrogen) atoms. The van der Waals surface area contributed by atoms with Crippen LogP contribution in [0.2, 0.25) is 0 Å². The Balaban J connectivity index is 0.990. The van der Waals surface area contributed by atoms with E-state index in [0.29, 0.717) is 27.1 Å². The highest BCUT2D eigenvalue weighted by Crippen LogP contribution is 2.44. The van der Waals surface area contributed by atoms with Gasteiger partial charge in [0.15, 0.2) is 16.9 Å². The lowest BCUT2D eigenvalue weighted by molar-refractivity contribution is -0.154. The van der Waals surface area contributed by atoms with Gasteiger partial charge in [0.25, 0.3) is 11.8 Å². The molecule has 0 saturated carbocycles. The number of ether oxygens (including phenoxy) is 1. The number of benzene rings is 5. The minimum Gasteiger partial charge on any atom is -0.448 e. The number of rotatable bonds is 16. The van der Waals surface area contributed by atoms with Crippen LogP contribution in [0.1, 0.15) is 45.4 Å². The van der Waals surface area contributed by atoms with Crippen molar-refractivity contribution in [3.63, 3.8) is 0 Å². The van der Waals surface area contributed by atoms with Crippen LogP contribution < -0.4 is 16.3 Å². The number of anilines is 1. The summed E-state index contributed by atoms with van der Waals surface area (Å²) in [5.74, 6) is -0.802. The number of esters is 1. The fraction of sp³-hybridized carbons (Fsp3) is 0.154. The molecule has 1 saturated heterocycles. The van der Waals surface area contributed by atoms with E-state index in [9.17, 15) is 19.2 Å². The normalized spacial score (nSPS) is 16.0. The van der Waals surface area contributed by atoms with E-state index in [4.69, 9.17) is 19.0 Å². The summed E-state index contributed by atoms with van der Waals surface area (Å²) in [5.41, 5.74) is 3.91. The summed E-state index contributed by atoms with van der Waals surface area (Å²) in [5, 5.41) is 12.3. The Kier molecular flexibility index (Phi) is 13.5. The highest BCUT2D eigenvalue weighted by atomic mass is 32.2. The molecule has 0 aliphatic carbocycles. The predicted molar refractivity (Wildman–Crippen MR) is 262 cm³/mol. The minimum atomic E-state index is -1.02. The number of nitrogens with zero attached hydrogens (tertiary/aromatic N) is 3. The van der Waals surface area contributed by atoms with E-state index < -0.39 is 46.5 Å². The van der Waals surface area contributed by atoms with E-state index in [1.54, 1.807) is 18.4 Å². The van der Waals surface area contributed by atoms with Crippen LogP contribution in [-0.4, -0.2) is 63.4 Å². The summed E-state index contributed by atoms with van der Waals surface area (Å²) < 4.78 is 11.5. The Morgan fingerprint density at radius 1 is 0.836 bits per heavy atom. The maximum atomic E-state index is 14.6. The number of β-lactam (4-membered cyclic amide) rings is 1. The van der Waals surface area contributed by atoms with E-state index >= 15 is 0 Å². The van der Waals surface area contributed by atoms with Gasteiger partial charge in [0.2, 0.25) is 0 Å². The quantitative estimate of drug-likeness (QED) is 0.0239. The number of nitrogens with one attached hydrogen (secondary N) is 2. The van der Waals surface area contributed by atoms with Crippen molar-refractivity contribution in [3.05, 3.63) is 230 Å². The maximum Gasteiger partial charge on any atom is 0.356 e. The second kappa shape index (κ2) is 20.1. The molecule has 0 radical (unpaired) electrons. The molecular weight excluding hydrogens is 903 g/mol. The molecular formula is C52H43N5O7S3. The van der Waals surface area contributed by atoms with Crippen molar-refractivity contribution in [1.82, 2.24) is 15.2 Å². The van der Waals surface area contributed by atoms with Crippen molar-refractivity contribution in [2.24, 2.45) is 5.16 Å². The van der Waals surface area contributed by atoms with E-state index in [-0.39, 0.29) is 22.9 Å². The zero-order valence-electron chi connectivity index (χ0n) is 36.2. The molecule has 0 bridgehead atoms. The summed E-state index contributed by atoms with van der Waals surface area (Å²) in [6.45, 7) is 1.69. The lowest BCUT2D eigenvalue weighted by atomic mass is 9.77. The Morgan fingerprint density at radius 3 is 1.93 bits per heavy atom. The summed E-state index contributed by atoms with van der Waals surface area (Å²) in [7, 11) is 1.33. The van der Waals surface area contributed by atoms with Gasteiger partial charge in [0.05, 0.1) is 0 Å². The van der Waals surface area contributed by atoms with Crippen molar-refractivity contribution in [1.29, 1.82) is 0 Å². The fourth-order valence-electron chi connectivity index (χ4n) is 8.25. The second-order valence-electron chi connectivity index (χ2n) is 15.6. The van der Waals surface area contributed by atoms with Gasteiger partial charge in [-0.25, -0.2) is 14.6 Å². The van der Waals surface area contributed by atoms with E-state index in [1.807, 2.05) is 115 Å². The first-order valence-electron chi connectivity index (χ1n) is 21.3. The van der Waals surface area contributed by atoms with Crippen LogP contribution in [0.15, 0.2) is 200 Å². The number of thiazole rings is 1. The number of hydrogen-bond donors (Lipinski definition) is 2. The predicted octanol–water partition coefficient (Wildman–Crippen LogP) is 8.94. The van der Waals surface area contributed by atoms with Crippen molar-refractivity contribution < 1.29 is 28.4 Å². The minimum absolute atomic E-state index is 0.100. The third kappa shape index (κ3) is 9.43. The highest BCUT2D eigenvalue weighted by Gasteiger charge is 2.55. The Morgan fingerprint density at radius 2 is 1.39 bits per heavy atom. The van der Waals surface area contributed by atoms with Crippen molar-refractivity contribution >= 4 is 63.5 Å². The van der Waals surface area contributed by atoms with E-state index in [2.05, 4.69) is 52.2 Å². The number of carbonyl (C=O) groups excluding carboxylic acids is 3. The van der Waals surface area contributed by atoms with Gasteiger partial charge in [0.1, 0.15) is 41.2 Å². The van der Waals surface area contributed by atoms with Gasteiger partial charge in [-0.1, -0.05) is 157 Å². The smallest absolute Gasteiger partial charge is 0.356 e. The van der Waals surface area contributed by atoms with E-state index in [0.717, 1.165) is 27.8 Å². The molecule has 15 heteroatoms. The topological polar surface area (TPSA) is 152 Å². The largest absolute Gasteiger partial charge is 0.448 e. The van der Waals surface area contributed by atoms with Crippen LogP contribution >= 0.6 is 34.9 Å². The molecule has 2 aromatic heterocycles. The van der Waals surface area contributed by atoms with Crippen LogP contribution in [0, 0.1) is 6.92 Å². The molecule has 1 fully saturated rings. The van der Waals surface area contributed by atoms with Gasteiger partial charge in [-0.05, 0) is 46.4 Å². The average molecular weight is 946 g/mol. The lowest BCUT2D eigenvalue weighted by Crippen LogP contribution is -2.71. The van der Waals surface area contributed by atoms with Crippen molar-refractivity contribution in [2.75, 3.05) is 23.9 Å². The molecule has 9 rings (SSSR count). The fourth-order valence-corrected chi connectivity index (χ4v) is 11.5. The molecule has 2 aliphatic rings. The molecule has 2 N–H and O–H groups in total. The number of aryl methyl sites for hydroxylation is 1. The first-order valence-corrected chi connectivity index (χ1v) is 24.2. The van der Waals surface area contributed by atoms with Gasteiger partial charge in [-0.2, -0.15) is 0 Å². The zero-order valence-corrected chi connectivity index (χ0v) is 38.7. The van der Waals surface area contributed by atoms with Crippen molar-refractivity contribution in [2.45, 2.75) is 34.9 Å². The van der Waals surface area contributed by atoms with Crippen LogP contribution in [0.5, 0.6) is 0 Å². The van der Waals surface area contributed by atoms with Crippen LogP contribution in [0.4, 0.5) is 5.13 Å². The van der Waals surface area contributed by atoms with Gasteiger partial charge in [-0.15, -0.1) is 34.9 Å². The lowest BCUT2D eigenvalue weighted by Gasteiger charge is -2.49. The molecule has 0 unspecified atom stereocenters. The molecule has 2 atom stereocenters.